The molecule has 0 saturated carbocycles. The van der Waals surface area contributed by atoms with Crippen molar-refractivity contribution in [1.29, 1.82) is 0 Å². The Morgan fingerprint density at radius 3 is 3.00 bits per heavy atom. The molecule has 1 fully saturated rings. The fourth-order valence-corrected chi connectivity index (χ4v) is 4.34. The average Bonchev–Trinajstić information content (AvgIpc) is 2.93. The number of rotatable bonds is 2. The van der Waals surface area contributed by atoms with Crippen molar-refractivity contribution in [2.45, 2.75) is 38.6 Å². The molecule has 2 N–H and O–H groups in total. The largest absolute Gasteiger partial charge is 0.396 e. The van der Waals surface area contributed by atoms with Crippen LogP contribution in [0.2, 0.25) is 0 Å². The Hall–Kier alpha value is -1.32. The first kappa shape index (κ1) is 13.4. The Morgan fingerprint density at radius 2 is 2.19 bits per heavy atom. The molecule has 0 aliphatic carbocycles. The van der Waals surface area contributed by atoms with Gasteiger partial charge in [-0.25, -0.2) is 0 Å². The monoisotopic (exact) mass is 284 g/mol. The molecule has 21 heavy (non-hydrogen) atoms. The van der Waals surface area contributed by atoms with Crippen LogP contribution < -0.4 is 0 Å². The van der Waals surface area contributed by atoms with Gasteiger partial charge in [-0.2, -0.15) is 0 Å². The summed E-state index contributed by atoms with van der Waals surface area (Å²) < 4.78 is 0. The number of aromatic nitrogens is 1. The van der Waals surface area contributed by atoms with Gasteiger partial charge in [-0.15, -0.1) is 0 Å². The van der Waals surface area contributed by atoms with Crippen LogP contribution >= 0.6 is 0 Å². The van der Waals surface area contributed by atoms with Crippen molar-refractivity contribution in [3.8, 4) is 0 Å². The predicted molar refractivity (Wildman–Crippen MR) is 85.4 cm³/mol. The number of benzene rings is 1. The summed E-state index contributed by atoms with van der Waals surface area (Å²) in [4.78, 5) is 6.29. The maximum atomic E-state index is 9.89. The van der Waals surface area contributed by atoms with E-state index in [4.69, 9.17) is 0 Å². The Labute approximate surface area is 126 Å². The first-order valence-corrected chi connectivity index (χ1v) is 8.21. The molecule has 0 radical (unpaired) electrons. The lowest BCUT2D eigenvalue weighted by molar-refractivity contribution is -0.000540. The number of para-hydroxylation sites is 1. The topological polar surface area (TPSA) is 39.3 Å². The van der Waals surface area contributed by atoms with Crippen LogP contribution in [-0.4, -0.2) is 34.7 Å². The van der Waals surface area contributed by atoms with Gasteiger partial charge in [0.15, 0.2) is 0 Å². The van der Waals surface area contributed by atoms with E-state index in [1.165, 1.54) is 22.2 Å². The third-order valence-corrected chi connectivity index (χ3v) is 5.91. The number of aromatic amines is 1. The standard InChI is InChI=1S/C18H24N2O/c1-2-18(12-21)8-10-20-9-7-14-13-5-3-4-6-15(13)19-17(14)16(20)11-18/h3-6,16,19,21H,2,7-12H2,1H3/t16-,18-/m1/s1. The Bertz CT molecular complexity index is 656. The minimum absolute atomic E-state index is 0.118. The second-order valence-electron chi connectivity index (χ2n) is 6.83. The van der Waals surface area contributed by atoms with Crippen molar-refractivity contribution in [1.82, 2.24) is 9.88 Å². The van der Waals surface area contributed by atoms with Gasteiger partial charge >= 0.3 is 0 Å². The number of nitrogens with zero attached hydrogens (tertiary/aromatic N) is 1. The molecule has 2 aromatic rings. The van der Waals surface area contributed by atoms with Crippen molar-refractivity contribution in [2.75, 3.05) is 19.7 Å². The molecule has 3 heterocycles. The van der Waals surface area contributed by atoms with Gasteiger partial charge in [0.05, 0.1) is 6.04 Å². The predicted octanol–water partition coefficient (Wildman–Crippen LogP) is 3.25. The zero-order valence-corrected chi connectivity index (χ0v) is 12.7. The van der Waals surface area contributed by atoms with Gasteiger partial charge in [-0.1, -0.05) is 25.1 Å². The Kier molecular flexibility index (Phi) is 3.09. The smallest absolute Gasteiger partial charge is 0.0507 e. The first-order chi connectivity index (χ1) is 10.3. The second-order valence-corrected chi connectivity index (χ2v) is 6.83. The molecule has 0 spiro atoms. The molecule has 1 aromatic heterocycles. The third-order valence-electron chi connectivity index (χ3n) is 5.91. The summed E-state index contributed by atoms with van der Waals surface area (Å²) >= 11 is 0. The molecule has 0 amide bonds. The van der Waals surface area contributed by atoms with Gasteiger partial charge in [0, 0.05) is 29.7 Å². The quantitative estimate of drug-likeness (QED) is 0.888. The zero-order chi connectivity index (χ0) is 14.4. The second kappa shape index (κ2) is 4.85. The molecule has 1 saturated heterocycles. The normalized spacial score (nSPS) is 29.3. The van der Waals surface area contributed by atoms with Crippen LogP contribution in [-0.2, 0) is 6.42 Å². The van der Waals surface area contributed by atoms with Crippen LogP contribution in [0.1, 0.15) is 43.5 Å². The van der Waals surface area contributed by atoms with Gasteiger partial charge < -0.3 is 10.1 Å². The highest BCUT2D eigenvalue weighted by Gasteiger charge is 2.41. The third kappa shape index (κ3) is 1.95. The van der Waals surface area contributed by atoms with Gasteiger partial charge in [0.2, 0.25) is 0 Å². The van der Waals surface area contributed by atoms with E-state index in [2.05, 4.69) is 41.1 Å². The Morgan fingerprint density at radius 1 is 1.33 bits per heavy atom. The minimum atomic E-state index is 0.118. The van der Waals surface area contributed by atoms with E-state index >= 15 is 0 Å². The van der Waals surface area contributed by atoms with Crippen LogP contribution in [0.25, 0.3) is 10.9 Å². The summed E-state index contributed by atoms with van der Waals surface area (Å²) in [5.74, 6) is 0. The molecule has 2 aliphatic heterocycles. The molecule has 2 atom stereocenters. The molecule has 0 bridgehead atoms. The molecule has 112 valence electrons. The fraction of sp³-hybridized carbons (Fsp3) is 0.556. The maximum absolute atomic E-state index is 9.89. The number of hydrogen-bond donors (Lipinski definition) is 2. The van der Waals surface area contributed by atoms with Gasteiger partial charge in [-0.05, 0) is 49.3 Å². The molecular formula is C18H24N2O. The lowest BCUT2D eigenvalue weighted by atomic mass is 9.72. The van der Waals surface area contributed by atoms with E-state index in [-0.39, 0.29) is 5.41 Å². The Balaban J connectivity index is 1.78. The summed E-state index contributed by atoms with van der Waals surface area (Å²) in [6, 6.07) is 9.12. The number of fused-ring (bicyclic) bond motifs is 5. The number of hydrogen-bond acceptors (Lipinski definition) is 2. The summed E-state index contributed by atoms with van der Waals surface area (Å²) in [6.45, 7) is 4.82. The lowest BCUT2D eigenvalue weighted by Gasteiger charge is -2.47. The molecular weight excluding hydrogens is 260 g/mol. The number of nitrogens with one attached hydrogen (secondary N) is 1. The average molecular weight is 284 g/mol. The van der Waals surface area contributed by atoms with E-state index in [0.29, 0.717) is 12.6 Å². The highest BCUT2D eigenvalue weighted by Crippen LogP contribution is 2.47. The van der Waals surface area contributed by atoms with E-state index in [1.54, 1.807) is 0 Å². The summed E-state index contributed by atoms with van der Waals surface area (Å²) in [6.07, 6.45) is 4.43. The number of aliphatic hydroxyl groups is 1. The molecule has 1 aromatic carbocycles. The van der Waals surface area contributed by atoms with Gasteiger partial charge in [-0.3, -0.25) is 4.90 Å². The van der Waals surface area contributed by atoms with Crippen LogP contribution in [0, 0.1) is 5.41 Å². The summed E-state index contributed by atoms with van der Waals surface area (Å²) in [5, 5.41) is 11.3. The minimum Gasteiger partial charge on any atom is -0.396 e. The highest BCUT2D eigenvalue weighted by atomic mass is 16.3. The van der Waals surface area contributed by atoms with Gasteiger partial charge in [0.1, 0.15) is 0 Å². The van der Waals surface area contributed by atoms with Crippen molar-refractivity contribution in [3.05, 3.63) is 35.5 Å². The molecule has 4 rings (SSSR count). The molecule has 3 heteroatoms. The zero-order valence-electron chi connectivity index (χ0n) is 12.7. The molecule has 2 aliphatic rings. The molecule has 0 unspecified atom stereocenters. The van der Waals surface area contributed by atoms with Crippen LogP contribution in [0.3, 0.4) is 0 Å². The number of aliphatic hydroxyl groups excluding tert-OH is 1. The van der Waals surface area contributed by atoms with E-state index in [0.717, 1.165) is 38.8 Å². The van der Waals surface area contributed by atoms with E-state index < -0.39 is 0 Å². The van der Waals surface area contributed by atoms with E-state index in [1.807, 2.05) is 0 Å². The molecule has 3 nitrogen and oxygen atoms in total. The number of H-pyrrole nitrogens is 1. The fourth-order valence-electron chi connectivity index (χ4n) is 4.34. The van der Waals surface area contributed by atoms with Gasteiger partial charge in [0.25, 0.3) is 0 Å². The SMILES string of the molecule is CC[C@@]1(CO)CCN2CCc3c([nH]c4ccccc34)[C@H]2C1. The van der Waals surface area contributed by atoms with Crippen LogP contribution in [0.4, 0.5) is 0 Å². The van der Waals surface area contributed by atoms with E-state index in [9.17, 15) is 5.11 Å². The highest BCUT2D eigenvalue weighted by molar-refractivity contribution is 5.85. The van der Waals surface area contributed by atoms with Crippen molar-refractivity contribution in [2.24, 2.45) is 5.41 Å². The summed E-state index contributed by atoms with van der Waals surface area (Å²) in [5.41, 5.74) is 4.30. The summed E-state index contributed by atoms with van der Waals surface area (Å²) in [7, 11) is 0. The number of piperidine rings is 1. The first-order valence-electron chi connectivity index (χ1n) is 8.21. The van der Waals surface area contributed by atoms with Crippen LogP contribution in [0.5, 0.6) is 0 Å². The van der Waals surface area contributed by atoms with Crippen LogP contribution in [0.15, 0.2) is 24.3 Å². The maximum Gasteiger partial charge on any atom is 0.0507 e. The van der Waals surface area contributed by atoms with Crippen molar-refractivity contribution in [3.63, 3.8) is 0 Å². The van der Waals surface area contributed by atoms with Crippen molar-refractivity contribution < 1.29 is 5.11 Å². The van der Waals surface area contributed by atoms with Crippen molar-refractivity contribution >= 4 is 10.9 Å². The lowest BCUT2D eigenvalue weighted by Crippen LogP contribution is -2.46.